The predicted octanol–water partition coefficient (Wildman–Crippen LogP) is 7.53. The van der Waals surface area contributed by atoms with Crippen LogP contribution >= 0.6 is 0 Å². The van der Waals surface area contributed by atoms with E-state index in [1.807, 2.05) is 0 Å². The Morgan fingerprint density at radius 2 is 1.69 bits per heavy atom. The van der Waals surface area contributed by atoms with Gasteiger partial charge in [0, 0.05) is 18.8 Å². The Morgan fingerprint density at radius 3 is 2.34 bits per heavy atom. The van der Waals surface area contributed by atoms with E-state index in [0.717, 1.165) is 12.0 Å². The number of benzene rings is 2. The first kappa shape index (κ1) is 21.3. The second-order valence-corrected chi connectivity index (χ2v) is 8.54. The normalized spacial score (nSPS) is 16.1. The summed E-state index contributed by atoms with van der Waals surface area (Å²) in [5.74, 6) is 1.33. The zero-order chi connectivity index (χ0) is 20.6. The summed E-state index contributed by atoms with van der Waals surface area (Å²) in [6.07, 6.45) is 10.2. The number of ketones is 1. The second-order valence-electron chi connectivity index (χ2n) is 8.54. The van der Waals surface area contributed by atoms with E-state index in [1.165, 1.54) is 41.5 Å². The summed E-state index contributed by atoms with van der Waals surface area (Å²) in [6.45, 7) is 6.64. The molecule has 0 heterocycles. The number of carbonyl (C=O) groups is 1. The number of unbranched alkanes of at least 4 members (excludes halogenated alkanes) is 1. The quantitative estimate of drug-likeness (QED) is 0.412. The van der Waals surface area contributed by atoms with Crippen molar-refractivity contribution in [2.45, 2.75) is 65.2 Å². The maximum Gasteiger partial charge on any atom is 0.137 e. The van der Waals surface area contributed by atoms with Crippen LogP contribution in [0.4, 0.5) is 0 Å². The molecular formula is C28H34O. The second kappa shape index (κ2) is 10.4. The molecule has 1 unspecified atom stereocenters. The van der Waals surface area contributed by atoms with Crippen LogP contribution in [0.15, 0.2) is 72.3 Å². The van der Waals surface area contributed by atoms with Crippen molar-refractivity contribution >= 4 is 11.4 Å². The molecular weight excluding hydrogens is 352 g/mol. The van der Waals surface area contributed by atoms with E-state index >= 15 is 0 Å². The maximum absolute atomic E-state index is 12.6. The Labute approximate surface area is 176 Å². The van der Waals surface area contributed by atoms with Gasteiger partial charge in [0.2, 0.25) is 0 Å². The Kier molecular flexibility index (Phi) is 7.63. The fraction of sp³-hybridized carbons (Fsp3) is 0.393. The molecule has 2 aromatic carbocycles. The van der Waals surface area contributed by atoms with Gasteiger partial charge in [-0.05, 0) is 41.0 Å². The van der Waals surface area contributed by atoms with E-state index in [1.54, 1.807) is 0 Å². The van der Waals surface area contributed by atoms with Crippen molar-refractivity contribution in [3.8, 4) is 0 Å². The molecule has 1 aliphatic carbocycles. The highest BCUT2D eigenvalue weighted by Crippen LogP contribution is 2.39. The van der Waals surface area contributed by atoms with Crippen LogP contribution in [-0.2, 0) is 11.2 Å². The average Bonchev–Trinajstić information content (AvgIpc) is 3.14. The monoisotopic (exact) mass is 386 g/mol. The van der Waals surface area contributed by atoms with Crippen LogP contribution in [0.3, 0.4) is 0 Å². The fourth-order valence-electron chi connectivity index (χ4n) is 4.18. The largest absolute Gasteiger partial charge is 0.299 e. The highest BCUT2D eigenvalue weighted by molar-refractivity contribution is 5.81. The molecule has 0 radical (unpaired) electrons. The van der Waals surface area contributed by atoms with Crippen LogP contribution in [0.5, 0.6) is 0 Å². The lowest BCUT2D eigenvalue weighted by atomic mass is 9.84. The Bertz CT molecular complexity index is 853. The zero-order valence-electron chi connectivity index (χ0n) is 18.2. The molecule has 0 amide bonds. The Balaban J connectivity index is 1.58. The molecule has 152 valence electrons. The molecule has 29 heavy (non-hydrogen) atoms. The van der Waals surface area contributed by atoms with Crippen molar-refractivity contribution < 1.29 is 4.79 Å². The van der Waals surface area contributed by atoms with Crippen LogP contribution in [-0.4, -0.2) is 5.78 Å². The Hall–Kier alpha value is -2.41. The lowest BCUT2D eigenvalue weighted by molar-refractivity contribution is -0.118. The fourth-order valence-corrected chi connectivity index (χ4v) is 4.18. The molecule has 3 rings (SSSR count). The first-order valence-electron chi connectivity index (χ1n) is 11.1. The van der Waals surface area contributed by atoms with Gasteiger partial charge in [-0.25, -0.2) is 0 Å². The number of rotatable bonds is 10. The molecule has 0 fully saturated rings. The van der Waals surface area contributed by atoms with Crippen molar-refractivity contribution in [1.82, 2.24) is 0 Å². The SMILES string of the molecule is CCCCC1C(CCC(=O)Cc2ccc(C(C)C)cc2)=CC=C1c1ccccc1. The molecule has 1 heteroatoms. The molecule has 1 nitrogen and oxygen atoms in total. The molecule has 0 bridgehead atoms. The van der Waals surface area contributed by atoms with Gasteiger partial charge in [-0.3, -0.25) is 4.79 Å². The minimum atomic E-state index is 0.339. The van der Waals surface area contributed by atoms with Gasteiger partial charge in [0.05, 0.1) is 0 Å². The molecule has 0 saturated heterocycles. The summed E-state index contributed by atoms with van der Waals surface area (Å²) < 4.78 is 0. The minimum Gasteiger partial charge on any atom is -0.299 e. The summed E-state index contributed by atoms with van der Waals surface area (Å²) in [4.78, 5) is 12.6. The molecule has 2 aromatic rings. The van der Waals surface area contributed by atoms with Gasteiger partial charge in [-0.15, -0.1) is 0 Å². The summed E-state index contributed by atoms with van der Waals surface area (Å²) in [7, 11) is 0. The van der Waals surface area contributed by atoms with Crippen LogP contribution in [0.25, 0.3) is 5.57 Å². The molecule has 0 saturated carbocycles. The zero-order valence-corrected chi connectivity index (χ0v) is 18.2. The van der Waals surface area contributed by atoms with Crippen LogP contribution in [0.2, 0.25) is 0 Å². The number of hydrogen-bond acceptors (Lipinski definition) is 1. The van der Waals surface area contributed by atoms with Gasteiger partial charge >= 0.3 is 0 Å². The first-order chi connectivity index (χ1) is 14.1. The van der Waals surface area contributed by atoms with Crippen LogP contribution in [0, 0.1) is 5.92 Å². The van der Waals surface area contributed by atoms with E-state index in [9.17, 15) is 4.79 Å². The molecule has 0 aliphatic heterocycles. The first-order valence-corrected chi connectivity index (χ1v) is 11.1. The van der Waals surface area contributed by atoms with Crippen LogP contribution < -0.4 is 0 Å². The number of allylic oxidation sites excluding steroid dienone is 4. The summed E-state index contributed by atoms with van der Waals surface area (Å²) in [5, 5.41) is 0. The van der Waals surface area contributed by atoms with Gasteiger partial charge in [-0.2, -0.15) is 0 Å². The van der Waals surface area contributed by atoms with Gasteiger partial charge in [0.1, 0.15) is 5.78 Å². The lowest BCUT2D eigenvalue weighted by Crippen LogP contribution is -2.08. The van der Waals surface area contributed by atoms with Crippen molar-refractivity contribution in [1.29, 1.82) is 0 Å². The number of carbonyl (C=O) groups excluding carboxylic acids is 1. The highest BCUT2D eigenvalue weighted by Gasteiger charge is 2.24. The van der Waals surface area contributed by atoms with E-state index in [0.29, 0.717) is 30.5 Å². The molecule has 1 aliphatic rings. The maximum atomic E-state index is 12.6. The van der Waals surface area contributed by atoms with E-state index in [4.69, 9.17) is 0 Å². The van der Waals surface area contributed by atoms with Crippen molar-refractivity contribution in [3.05, 3.63) is 89.0 Å². The third-order valence-electron chi connectivity index (χ3n) is 5.99. The van der Waals surface area contributed by atoms with Crippen molar-refractivity contribution in [2.75, 3.05) is 0 Å². The number of Topliss-reactive ketones (excluding diaryl/α,β-unsaturated/α-hetero) is 1. The minimum absolute atomic E-state index is 0.339. The van der Waals surface area contributed by atoms with E-state index in [2.05, 4.69) is 87.5 Å². The summed E-state index contributed by atoms with van der Waals surface area (Å²) in [5.41, 5.74) is 6.63. The van der Waals surface area contributed by atoms with Crippen molar-refractivity contribution in [3.63, 3.8) is 0 Å². The van der Waals surface area contributed by atoms with Gasteiger partial charge in [0.25, 0.3) is 0 Å². The van der Waals surface area contributed by atoms with Gasteiger partial charge in [-0.1, -0.05) is 106 Å². The van der Waals surface area contributed by atoms with E-state index in [-0.39, 0.29) is 0 Å². The van der Waals surface area contributed by atoms with Crippen molar-refractivity contribution in [2.24, 2.45) is 5.92 Å². The van der Waals surface area contributed by atoms with Gasteiger partial charge < -0.3 is 0 Å². The Morgan fingerprint density at radius 1 is 0.966 bits per heavy atom. The smallest absolute Gasteiger partial charge is 0.137 e. The number of hydrogen-bond donors (Lipinski definition) is 0. The third-order valence-corrected chi connectivity index (χ3v) is 5.99. The summed E-state index contributed by atoms with van der Waals surface area (Å²) >= 11 is 0. The molecule has 0 spiro atoms. The molecule has 1 atom stereocenters. The van der Waals surface area contributed by atoms with Crippen LogP contribution in [0.1, 0.15) is 75.5 Å². The molecule has 0 N–H and O–H groups in total. The van der Waals surface area contributed by atoms with E-state index < -0.39 is 0 Å². The highest BCUT2D eigenvalue weighted by atomic mass is 16.1. The molecule has 0 aromatic heterocycles. The summed E-state index contributed by atoms with van der Waals surface area (Å²) in [6, 6.07) is 19.2. The standard InChI is InChI=1S/C28H34O/c1-4-5-11-27-25(17-19-28(27)24-9-7-6-8-10-24)16-18-26(29)20-22-12-14-23(15-13-22)21(2)3/h6-10,12-15,17,19,21,27H,4-5,11,16,18,20H2,1-3H3. The third kappa shape index (κ3) is 5.79. The topological polar surface area (TPSA) is 17.1 Å². The predicted molar refractivity (Wildman–Crippen MR) is 124 cm³/mol. The lowest BCUT2D eigenvalue weighted by Gasteiger charge is -2.20. The van der Waals surface area contributed by atoms with Gasteiger partial charge in [0.15, 0.2) is 0 Å². The average molecular weight is 387 g/mol.